The van der Waals surface area contributed by atoms with Gasteiger partial charge in [0.25, 0.3) is 0 Å². The van der Waals surface area contributed by atoms with E-state index in [0.717, 1.165) is 44.3 Å². The molecular weight excluding hydrogens is 284 g/mol. The van der Waals surface area contributed by atoms with Gasteiger partial charge in [-0.2, -0.15) is 0 Å². The van der Waals surface area contributed by atoms with Crippen LogP contribution in [0, 0.1) is 5.41 Å². The molecule has 0 aromatic heterocycles. The SMILES string of the molecule is CCCNc1ccc(S(=O)(=O)NCC2(CCC)CC2)cc1. The average molecular weight is 310 g/mol. The topological polar surface area (TPSA) is 58.2 Å². The summed E-state index contributed by atoms with van der Waals surface area (Å²) in [4.78, 5) is 0.344. The summed E-state index contributed by atoms with van der Waals surface area (Å²) in [5.74, 6) is 0. The van der Waals surface area contributed by atoms with Crippen molar-refractivity contribution < 1.29 is 8.42 Å². The van der Waals surface area contributed by atoms with Crippen LogP contribution in [0.15, 0.2) is 29.2 Å². The van der Waals surface area contributed by atoms with E-state index in [1.165, 1.54) is 0 Å². The summed E-state index contributed by atoms with van der Waals surface area (Å²) in [6.45, 7) is 5.71. The molecule has 2 N–H and O–H groups in total. The molecule has 0 atom stereocenters. The Kier molecular flexibility index (Phi) is 5.27. The van der Waals surface area contributed by atoms with Crippen molar-refractivity contribution in [3.63, 3.8) is 0 Å². The lowest BCUT2D eigenvalue weighted by Crippen LogP contribution is -2.30. The number of nitrogens with one attached hydrogen (secondary N) is 2. The minimum absolute atomic E-state index is 0.227. The van der Waals surface area contributed by atoms with Gasteiger partial charge >= 0.3 is 0 Å². The van der Waals surface area contributed by atoms with Gasteiger partial charge in [-0.15, -0.1) is 0 Å². The smallest absolute Gasteiger partial charge is 0.240 e. The van der Waals surface area contributed by atoms with E-state index >= 15 is 0 Å². The van der Waals surface area contributed by atoms with Gasteiger partial charge < -0.3 is 5.32 Å². The quantitative estimate of drug-likeness (QED) is 0.735. The lowest BCUT2D eigenvalue weighted by molar-refractivity contribution is 0.449. The van der Waals surface area contributed by atoms with E-state index in [4.69, 9.17) is 0 Å². The van der Waals surface area contributed by atoms with Crippen LogP contribution in [0.2, 0.25) is 0 Å². The molecule has 0 heterocycles. The van der Waals surface area contributed by atoms with E-state index < -0.39 is 10.0 Å². The summed E-state index contributed by atoms with van der Waals surface area (Å²) in [7, 11) is -3.39. The fourth-order valence-corrected chi connectivity index (χ4v) is 3.73. The maximum atomic E-state index is 12.3. The highest BCUT2D eigenvalue weighted by Crippen LogP contribution is 2.49. The summed E-state index contributed by atoms with van der Waals surface area (Å²) >= 11 is 0. The summed E-state index contributed by atoms with van der Waals surface area (Å²) in [5, 5.41) is 3.24. The zero-order valence-electron chi connectivity index (χ0n) is 13.0. The van der Waals surface area contributed by atoms with Crippen LogP contribution < -0.4 is 10.0 Å². The van der Waals surface area contributed by atoms with Crippen LogP contribution in [-0.2, 0) is 10.0 Å². The molecule has 5 heteroatoms. The fraction of sp³-hybridized carbons (Fsp3) is 0.625. The molecule has 0 aliphatic heterocycles. The van der Waals surface area contributed by atoms with Gasteiger partial charge in [0.2, 0.25) is 10.0 Å². The van der Waals surface area contributed by atoms with Gasteiger partial charge in [-0.1, -0.05) is 20.3 Å². The second-order valence-corrected chi connectivity index (χ2v) is 7.79. The normalized spacial score (nSPS) is 16.7. The highest BCUT2D eigenvalue weighted by molar-refractivity contribution is 7.89. The first-order valence-electron chi connectivity index (χ1n) is 7.85. The first kappa shape index (κ1) is 16.3. The van der Waals surface area contributed by atoms with Crippen molar-refractivity contribution in [3.8, 4) is 0 Å². The predicted octanol–water partition coefficient (Wildman–Crippen LogP) is 3.37. The highest BCUT2D eigenvalue weighted by atomic mass is 32.2. The van der Waals surface area contributed by atoms with Gasteiger partial charge in [0.15, 0.2) is 0 Å². The van der Waals surface area contributed by atoms with Gasteiger partial charge in [0.05, 0.1) is 4.90 Å². The van der Waals surface area contributed by atoms with Crippen molar-refractivity contribution in [2.75, 3.05) is 18.4 Å². The van der Waals surface area contributed by atoms with E-state index in [1.807, 2.05) is 12.1 Å². The molecule has 21 heavy (non-hydrogen) atoms. The number of hydrogen-bond donors (Lipinski definition) is 2. The van der Waals surface area contributed by atoms with Crippen molar-refractivity contribution in [1.29, 1.82) is 0 Å². The molecule has 1 aliphatic rings. The fourth-order valence-electron chi connectivity index (χ4n) is 2.57. The first-order chi connectivity index (χ1) is 10.0. The minimum atomic E-state index is -3.39. The van der Waals surface area contributed by atoms with E-state index in [2.05, 4.69) is 23.9 Å². The third-order valence-electron chi connectivity index (χ3n) is 4.12. The van der Waals surface area contributed by atoms with Crippen molar-refractivity contribution in [2.45, 2.75) is 50.8 Å². The summed E-state index contributed by atoms with van der Waals surface area (Å²) < 4.78 is 27.4. The van der Waals surface area contributed by atoms with Crippen LogP contribution in [0.3, 0.4) is 0 Å². The molecule has 2 rings (SSSR count). The Hall–Kier alpha value is -1.07. The molecule has 0 amide bonds. The molecule has 1 saturated carbocycles. The average Bonchev–Trinajstić information content (AvgIpc) is 3.24. The molecule has 0 saturated heterocycles. The second-order valence-electron chi connectivity index (χ2n) is 6.03. The van der Waals surface area contributed by atoms with E-state index in [0.29, 0.717) is 11.4 Å². The molecule has 1 aromatic rings. The number of sulfonamides is 1. The van der Waals surface area contributed by atoms with Crippen LogP contribution >= 0.6 is 0 Å². The first-order valence-corrected chi connectivity index (χ1v) is 9.33. The summed E-state index contributed by atoms with van der Waals surface area (Å²) in [6.07, 6.45) is 5.54. The predicted molar refractivity (Wildman–Crippen MR) is 87.0 cm³/mol. The Bertz CT molecular complexity index is 548. The zero-order chi connectivity index (χ0) is 15.3. The summed E-state index contributed by atoms with van der Waals surface area (Å²) in [6, 6.07) is 6.98. The molecule has 0 radical (unpaired) electrons. The van der Waals surface area contributed by atoms with Crippen molar-refractivity contribution >= 4 is 15.7 Å². The van der Waals surface area contributed by atoms with Gasteiger partial charge in [0, 0.05) is 18.8 Å². The molecule has 4 nitrogen and oxygen atoms in total. The monoisotopic (exact) mass is 310 g/mol. The molecular formula is C16H26N2O2S. The Balaban J connectivity index is 1.96. The maximum Gasteiger partial charge on any atom is 0.240 e. The van der Waals surface area contributed by atoms with Crippen LogP contribution in [-0.4, -0.2) is 21.5 Å². The lowest BCUT2D eigenvalue weighted by atomic mass is 10.0. The molecule has 1 aromatic carbocycles. The number of benzene rings is 1. The lowest BCUT2D eigenvalue weighted by Gasteiger charge is -2.15. The van der Waals surface area contributed by atoms with Crippen molar-refractivity contribution in [2.24, 2.45) is 5.41 Å². The highest BCUT2D eigenvalue weighted by Gasteiger charge is 2.42. The minimum Gasteiger partial charge on any atom is -0.385 e. The van der Waals surface area contributed by atoms with E-state index in [1.54, 1.807) is 12.1 Å². The van der Waals surface area contributed by atoms with Crippen molar-refractivity contribution in [1.82, 2.24) is 4.72 Å². The van der Waals surface area contributed by atoms with Gasteiger partial charge in [-0.25, -0.2) is 13.1 Å². The van der Waals surface area contributed by atoms with Crippen LogP contribution in [0.4, 0.5) is 5.69 Å². The standard InChI is InChI=1S/C16H26N2O2S/c1-3-9-16(10-11-16)13-18-21(19,20)15-7-5-14(6-8-15)17-12-4-2/h5-8,17-18H,3-4,9-13H2,1-2H3. The summed E-state index contributed by atoms with van der Waals surface area (Å²) in [5.41, 5.74) is 1.19. The van der Waals surface area contributed by atoms with E-state index in [9.17, 15) is 8.42 Å². The Morgan fingerprint density at radius 1 is 1.10 bits per heavy atom. The largest absolute Gasteiger partial charge is 0.385 e. The molecule has 1 aliphatic carbocycles. The van der Waals surface area contributed by atoms with E-state index in [-0.39, 0.29) is 5.41 Å². The van der Waals surface area contributed by atoms with Crippen molar-refractivity contribution in [3.05, 3.63) is 24.3 Å². The molecule has 0 spiro atoms. The van der Waals surface area contributed by atoms with Crippen LogP contribution in [0.5, 0.6) is 0 Å². The van der Waals surface area contributed by atoms with Gasteiger partial charge in [0.1, 0.15) is 0 Å². The van der Waals surface area contributed by atoms with Gasteiger partial charge in [-0.05, 0) is 55.4 Å². The Labute approximate surface area is 128 Å². The third kappa shape index (κ3) is 4.45. The Morgan fingerprint density at radius 3 is 2.29 bits per heavy atom. The zero-order valence-corrected chi connectivity index (χ0v) is 13.8. The maximum absolute atomic E-state index is 12.3. The number of hydrogen-bond acceptors (Lipinski definition) is 3. The molecule has 0 unspecified atom stereocenters. The molecule has 118 valence electrons. The molecule has 1 fully saturated rings. The number of anilines is 1. The molecule has 0 bridgehead atoms. The third-order valence-corrected chi connectivity index (χ3v) is 5.54. The second kappa shape index (κ2) is 6.79. The van der Waals surface area contributed by atoms with Crippen LogP contribution in [0.25, 0.3) is 0 Å². The van der Waals surface area contributed by atoms with Gasteiger partial charge in [-0.3, -0.25) is 0 Å². The van der Waals surface area contributed by atoms with Crippen LogP contribution in [0.1, 0.15) is 46.0 Å². The Morgan fingerprint density at radius 2 is 1.76 bits per heavy atom. The number of rotatable bonds is 9.